The Labute approximate surface area is 172 Å². The molecule has 1 amide bonds. The fourth-order valence-electron chi connectivity index (χ4n) is 4.43. The van der Waals surface area contributed by atoms with Crippen LogP contribution < -0.4 is 4.90 Å². The highest BCUT2D eigenvalue weighted by molar-refractivity contribution is 7.19. The number of piperazine rings is 1. The number of fused-ring (bicyclic) bond motifs is 3. The Balaban J connectivity index is 1.70. The van der Waals surface area contributed by atoms with Gasteiger partial charge in [0.2, 0.25) is 5.91 Å². The highest BCUT2D eigenvalue weighted by atomic mass is 32.1. The third-order valence-corrected chi connectivity index (χ3v) is 7.32. The Morgan fingerprint density at radius 2 is 1.96 bits per heavy atom. The van der Waals surface area contributed by atoms with E-state index in [1.54, 1.807) is 0 Å². The summed E-state index contributed by atoms with van der Waals surface area (Å²) in [6, 6.07) is 0. The van der Waals surface area contributed by atoms with Gasteiger partial charge in [-0.25, -0.2) is 9.97 Å². The van der Waals surface area contributed by atoms with Gasteiger partial charge in [0.1, 0.15) is 16.5 Å². The number of hydrogen-bond donors (Lipinski definition) is 0. The van der Waals surface area contributed by atoms with Crippen molar-refractivity contribution >= 4 is 33.3 Å². The third-order valence-electron chi connectivity index (χ3n) is 6.17. The molecule has 0 aromatic carbocycles. The third kappa shape index (κ3) is 3.76. The second-order valence-electron chi connectivity index (χ2n) is 8.32. The molecule has 1 unspecified atom stereocenters. The first kappa shape index (κ1) is 19.6. The number of amides is 1. The van der Waals surface area contributed by atoms with Crippen LogP contribution in [0.15, 0.2) is 0 Å². The zero-order valence-electron chi connectivity index (χ0n) is 17.5. The summed E-state index contributed by atoms with van der Waals surface area (Å²) in [5, 5.41) is 1.31. The average molecular weight is 401 g/mol. The van der Waals surface area contributed by atoms with Crippen molar-refractivity contribution in [3.05, 3.63) is 16.3 Å². The van der Waals surface area contributed by atoms with Crippen molar-refractivity contribution in [2.75, 3.05) is 31.1 Å². The molecule has 4 rings (SSSR count). The first-order chi connectivity index (χ1) is 13.6. The van der Waals surface area contributed by atoms with Gasteiger partial charge < -0.3 is 9.80 Å². The lowest BCUT2D eigenvalue weighted by atomic mass is 9.89. The number of anilines is 1. The fourth-order valence-corrected chi connectivity index (χ4v) is 5.83. The average Bonchev–Trinajstić information content (AvgIpc) is 3.08. The van der Waals surface area contributed by atoms with Crippen LogP contribution in [0.3, 0.4) is 0 Å². The second kappa shape index (κ2) is 8.36. The van der Waals surface area contributed by atoms with E-state index in [0.717, 1.165) is 69.4 Å². The summed E-state index contributed by atoms with van der Waals surface area (Å²) in [5.41, 5.74) is 1.50. The number of carbonyl (C=O) groups excluding carboxylic acids is 1. The molecule has 6 heteroatoms. The van der Waals surface area contributed by atoms with Gasteiger partial charge in [-0.15, -0.1) is 11.3 Å². The number of thiophene rings is 1. The lowest BCUT2D eigenvalue weighted by Crippen LogP contribution is -2.49. The molecule has 1 aliphatic carbocycles. The number of aromatic nitrogens is 2. The first-order valence-electron chi connectivity index (χ1n) is 10.9. The monoisotopic (exact) mass is 400 g/mol. The molecule has 2 aromatic rings. The van der Waals surface area contributed by atoms with Gasteiger partial charge in [0.05, 0.1) is 5.39 Å². The van der Waals surface area contributed by atoms with Crippen molar-refractivity contribution in [3.8, 4) is 0 Å². The number of hydrogen-bond acceptors (Lipinski definition) is 5. The van der Waals surface area contributed by atoms with Crippen LogP contribution in [-0.2, 0) is 24.1 Å². The maximum atomic E-state index is 12.1. The first-order valence-corrected chi connectivity index (χ1v) is 11.8. The Morgan fingerprint density at radius 3 is 2.68 bits per heavy atom. The molecule has 1 saturated heterocycles. The van der Waals surface area contributed by atoms with Gasteiger partial charge in [-0.2, -0.15) is 0 Å². The standard InChI is InChI=1S/C22H32N4OS/c1-4-6-7-18-23-21(26-12-10-25(11-13-26)19(27)5-2)20-16-9-8-15(3)14-17(16)28-22(20)24-18/h15H,4-14H2,1-3H3. The van der Waals surface area contributed by atoms with E-state index in [-0.39, 0.29) is 5.91 Å². The van der Waals surface area contributed by atoms with Crippen LogP contribution in [0.1, 0.15) is 62.7 Å². The van der Waals surface area contributed by atoms with Crippen LogP contribution in [0.5, 0.6) is 0 Å². The van der Waals surface area contributed by atoms with Crippen molar-refractivity contribution in [3.63, 3.8) is 0 Å². The number of rotatable bonds is 5. The molecule has 5 nitrogen and oxygen atoms in total. The van der Waals surface area contributed by atoms with Gasteiger partial charge in [0.25, 0.3) is 0 Å². The summed E-state index contributed by atoms with van der Waals surface area (Å²) in [7, 11) is 0. The van der Waals surface area contributed by atoms with Crippen molar-refractivity contribution in [2.45, 2.75) is 65.7 Å². The SMILES string of the molecule is CCCCc1nc(N2CCN(C(=O)CC)CC2)c2c3c(sc2n1)CC(C)CC3. The maximum Gasteiger partial charge on any atom is 0.222 e. The lowest BCUT2D eigenvalue weighted by molar-refractivity contribution is -0.131. The van der Waals surface area contributed by atoms with Gasteiger partial charge >= 0.3 is 0 Å². The second-order valence-corrected chi connectivity index (χ2v) is 9.40. The Morgan fingerprint density at radius 1 is 1.18 bits per heavy atom. The Bertz CT molecular complexity index is 854. The van der Waals surface area contributed by atoms with Gasteiger partial charge in [-0.05, 0) is 37.2 Å². The predicted molar refractivity (Wildman–Crippen MR) is 116 cm³/mol. The molecule has 3 heterocycles. The highest BCUT2D eigenvalue weighted by Crippen LogP contribution is 2.41. The zero-order valence-corrected chi connectivity index (χ0v) is 18.3. The maximum absolute atomic E-state index is 12.1. The minimum Gasteiger partial charge on any atom is -0.352 e. The fraction of sp³-hybridized carbons (Fsp3) is 0.682. The van der Waals surface area contributed by atoms with Crippen molar-refractivity contribution < 1.29 is 4.79 Å². The largest absolute Gasteiger partial charge is 0.352 e. The summed E-state index contributed by atoms with van der Waals surface area (Å²) < 4.78 is 0. The number of aryl methyl sites for hydroxylation is 2. The van der Waals surface area contributed by atoms with Gasteiger partial charge in [0, 0.05) is 43.9 Å². The molecule has 1 atom stereocenters. The molecule has 0 bridgehead atoms. The molecule has 152 valence electrons. The van der Waals surface area contributed by atoms with Crippen LogP contribution in [0.2, 0.25) is 0 Å². The molecule has 1 aliphatic heterocycles. The van der Waals surface area contributed by atoms with Crippen molar-refractivity contribution in [2.24, 2.45) is 5.92 Å². The van der Waals surface area contributed by atoms with E-state index in [2.05, 4.69) is 18.7 Å². The molecular formula is C22H32N4OS. The Kier molecular flexibility index (Phi) is 5.85. The van der Waals surface area contributed by atoms with Gasteiger partial charge in [-0.3, -0.25) is 4.79 Å². The molecule has 0 radical (unpaired) electrons. The van der Waals surface area contributed by atoms with Gasteiger partial charge in [-0.1, -0.05) is 27.2 Å². The molecule has 0 N–H and O–H groups in total. The number of carbonyl (C=O) groups is 1. The van der Waals surface area contributed by atoms with Crippen LogP contribution in [0.25, 0.3) is 10.2 Å². The number of unbranched alkanes of at least 4 members (excludes halogenated alkanes) is 1. The van der Waals surface area contributed by atoms with Crippen LogP contribution in [-0.4, -0.2) is 47.0 Å². The molecule has 1 fully saturated rings. The van der Waals surface area contributed by atoms with E-state index in [1.165, 1.54) is 33.5 Å². The lowest BCUT2D eigenvalue weighted by Gasteiger charge is -2.36. The highest BCUT2D eigenvalue weighted by Gasteiger charge is 2.28. The predicted octanol–water partition coefficient (Wildman–Crippen LogP) is 4.22. The Hall–Kier alpha value is -1.69. The minimum absolute atomic E-state index is 0.262. The van der Waals surface area contributed by atoms with E-state index in [4.69, 9.17) is 9.97 Å². The molecule has 2 aromatic heterocycles. The van der Waals surface area contributed by atoms with Gasteiger partial charge in [0.15, 0.2) is 0 Å². The zero-order chi connectivity index (χ0) is 19.7. The van der Waals surface area contributed by atoms with Crippen LogP contribution in [0, 0.1) is 5.92 Å². The topological polar surface area (TPSA) is 49.3 Å². The molecule has 28 heavy (non-hydrogen) atoms. The molecule has 0 spiro atoms. The van der Waals surface area contributed by atoms with E-state index in [0.29, 0.717) is 6.42 Å². The van der Waals surface area contributed by atoms with E-state index in [1.807, 2.05) is 23.2 Å². The normalized spacial score (nSPS) is 19.9. The van der Waals surface area contributed by atoms with Crippen molar-refractivity contribution in [1.82, 2.24) is 14.9 Å². The van der Waals surface area contributed by atoms with Crippen LogP contribution >= 0.6 is 11.3 Å². The minimum atomic E-state index is 0.262. The summed E-state index contributed by atoms with van der Waals surface area (Å²) in [6.45, 7) is 9.85. The smallest absolute Gasteiger partial charge is 0.222 e. The quantitative estimate of drug-likeness (QED) is 0.754. The molecule has 0 saturated carbocycles. The molecule has 2 aliphatic rings. The van der Waals surface area contributed by atoms with E-state index in [9.17, 15) is 4.79 Å². The van der Waals surface area contributed by atoms with Crippen molar-refractivity contribution in [1.29, 1.82) is 0 Å². The number of nitrogens with zero attached hydrogens (tertiary/aromatic N) is 4. The summed E-state index contributed by atoms with van der Waals surface area (Å²) >= 11 is 1.90. The summed E-state index contributed by atoms with van der Waals surface area (Å²) in [5.74, 6) is 3.15. The van der Waals surface area contributed by atoms with E-state index < -0.39 is 0 Å². The summed E-state index contributed by atoms with van der Waals surface area (Å²) in [6.07, 6.45) is 7.42. The van der Waals surface area contributed by atoms with Crippen LogP contribution in [0.4, 0.5) is 5.82 Å². The molecular weight excluding hydrogens is 368 g/mol. The summed E-state index contributed by atoms with van der Waals surface area (Å²) in [4.78, 5) is 29.2. The van der Waals surface area contributed by atoms with E-state index >= 15 is 0 Å².